The lowest BCUT2D eigenvalue weighted by atomic mass is 9.80. The molecule has 4 N–H and O–H groups in total. The molecule has 5 heteroatoms. The quantitative estimate of drug-likeness (QED) is 0.708. The van der Waals surface area contributed by atoms with Crippen LogP contribution < -0.4 is 16.4 Å². The van der Waals surface area contributed by atoms with E-state index in [0.717, 1.165) is 5.69 Å². The topological polar surface area (TPSA) is 84.2 Å². The third-order valence-electron chi connectivity index (χ3n) is 4.76. The molecule has 156 valence electrons. The second kappa shape index (κ2) is 8.78. The van der Waals surface area contributed by atoms with Crippen LogP contribution in [-0.2, 0) is 10.8 Å². The number of carbonyl (C=O) groups excluding carboxylic acids is 2. The third kappa shape index (κ3) is 6.16. The molecule has 0 saturated carbocycles. The molecule has 2 amide bonds. The van der Waals surface area contributed by atoms with E-state index >= 15 is 0 Å². The number of nitrogens with two attached hydrogens (primary N) is 1. The molecule has 0 saturated heterocycles. The predicted molar refractivity (Wildman–Crippen MR) is 120 cm³/mol. The molecular weight excluding hydrogens is 362 g/mol. The Bertz CT molecular complexity index is 840. The largest absolute Gasteiger partial charge is 0.351 e. The summed E-state index contributed by atoms with van der Waals surface area (Å²) in [5, 5.41) is 5.72. The fourth-order valence-corrected chi connectivity index (χ4v) is 2.83. The van der Waals surface area contributed by atoms with Gasteiger partial charge in [0.25, 0.3) is 11.8 Å². The number of amides is 2. The highest BCUT2D eigenvalue weighted by molar-refractivity contribution is 6.05. The molecule has 29 heavy (non-hydrogen) atoms. The summed E-state index contributed by atoms with van der Waals surface area (Å²) < 4.78 is 0. The van der Waals surface area contributed by atoms with E-state index in [2.05, 4.69) is 58.2 Å². The first-order chi connectivity index (χ1) is 13.4. The molecule has 0 aliphatic rings. The molecule has 0 fully saturated rings. The lowest BCUT2D eigenvalue weighted by Gasteiger charge is -2.26. The fourth-order valence-electron chi connectivity index (χ4n) is 2.83. The van der Waals surface area contributed by atoms with Gasteiger partial charge in [0.1, 0.15) is 0 Å². The van der Waals surface area contributed by atoms with Crippen LogP contribution in [0.15, 0.2) is 42.5 Å². The van der Waals surface area contributed by atoms with Crippen LogP contribution in [-0.4, -0.2) is 24.9 Å². The van der Waals surface area contributed by atoms with E-state index in [-0.39, 0.29) is 22.6 Å². The van der Waals surface area contributed by atoms with Crippen molar-refractivity contribution in [3.05, 3.63) is 64.7 Å². The zero-order chi connectivity index (χ0) is 21.8. The molecule has 0 atom stereocenters. The minimum atomic E-state index is -0.204. The molecule has 0 aliphatic carbocycles. The lowest BCUT2D eigenvalue weighted by Crippen LogP contribution is -2.29. The Morgan fingerprint density at radius 3 is 1.66 bits per heavy atom. The van der Waals surface area contributed by atoms with Gasteiger partial charge in [0, 0.05) is 29.9 Å². The Labute approximate surface area is 174 Å². The fraction of sp³-hybridized carbons (Fsp3) is 0.417. The smallest absolute Gasteiger partial charge is 0.255 e. The normalized spacial score (nSPS) is 11.8. The van der Waals surface area contributed by atoms with Crippen LogP contribution in [0.25, 0.3) is 0 Å². The highest BCUT2D eigenvalue weighted by Gasteiger charge is 2.21. The SMILES string of the molecule is CC(C)(C)c1cc(NC(=O)c2ccc(C(=O)NCCN)cc2)cc(C(C)(C)C)c1. The van der Waals surface area contributed by atoms with Crippen LogP contribution in [0.2, 0.25) is 0 Å². The number of carbonyl (C=O) groups is 2. The first kappa shape index (κ1) is 22.6. The molecule has 0 bridgehead atoms. The van der Waals surface area contributed by atoms with Gasteiger partial charge in [0.05, 0.1) is 0 Å². The third-order valence-corrected chi connectivity index (χ3v) is 4.76. The predicted octanol–water partition coefficient (Wildman–Crippen LogP) is 4.22. The standard InChI is InChI=1S/C24H33N3O2/c1-23(2,3)18-13-19(24(4,5)6)15-20(14-18)27-22(29)17-9-7-16(8-10-17)21(28)26-12-11-25/h7-10,13-15H,11-12,25H2,1-6H3,(H,26,28)(H,27,29). The Balaban J connectivity index is 2.25. The van der Waals surface area contributed by atoms with Gasteiger partial charge >= 0.3 is 0 Å². The molecule has 0 heterocycles. The summed E-state index contributed by atoms with van der Waals surface area (Å²) in [6, 6.07) is 12.9. The van der Waals surface area contributed by atoms with Crippen LogP contribution in [0.1, 0.15) is 73.4 Å². The molecule has 2 rings (SSSR count). The highest BCUT2D eigenvalue weighted by Crippen LogP contribution is 2.32. The van der Waals surface area contributed by atoms with E-state index in [1.165, 1.54) is 11.1 Å². The maximum absolute atomic E-state index is 12.8. The summed E-state index contributed by atoms with van der Waals surface area (Å²) in [6.45, 7) is 13.8. The summed E-state index contributed by atoms with van der Waals surface area (Å²) in [5.74, 6) is -0.403. The number of benzene rings is 2. The van der Waals surface area contributed by atoms with Crippen molar-refractivity contribution in [2.24, 2.45) is 5.73 Å². The van der Waals surface area contributed by atoms with Crippen molar-refractivity contribution >= 4 is 17.5 Å². The average Bonchev–Trinajstić information content (AvgIpc) is 2.64. The van der Waals surface area contributed by atoms with E-state index in [4.69, 9.17) is 5.73 Å². The van der Waals surface area contributed by atoms with Gasteiger partial charge in [-0.2, -0.15) is 0 Å². The average molecular weight is 396 g/mol. The second-order valence-electron chi connectivity index (χ2n) is 9.38. The maximum atomic E-state index is 12.8. The molecule has 0 aromatic heterocycles. The van der Waals surface area contributed by atoms with Crippen molar-refractivity contribution in [1.82, 2.24) is 5.32 Å². The van der Waals surface area contributed by atoms with Crippen LogP contribution in [0.4, 0.5) is 5.69 Å². The van der Waals surface area contributed by atoms with E-state index in [9.17, 15) is 9.59 Å². The van der Waals surface area contributed by atoms with Gasteiger partial charge in [0.2, 0.25) is 0 Å². The molecule has 2 aromatic rings. The van der Waals surface area contributed by atoms with Gasteiger partial charge in [-0.25, -0.2) is 0 Å². The van der Waals surface area contributed by atoms with Gasteiger partial charge < -0.3 is 16.4 Å². The van der Waals surface area contributed by atoms with E-state index in [0.29, 0.717) is 24.2 Å². The zero-order valence-electron chi connectivity index (χ0n) is 18.3. The van der Waals surface area contributed by atoms with Crippen LogP contribution in [0, 0.1) is 0 Å². The Morgan fingerprint density at radius 2 is 1.24 bits per heavy atom. The van der Waals surface area contributed by atoms with Crippen molar-refractivity contribution in [1.29, 1.82) is 0 Å². The Morgan fingerprint density at radius 1 is 0.793 bits per heavy atom. The van der Waals surface area contributed by atoms with Gasteiger partial charge in [-0.05, 0) is 58.4 Å². The summed E-state index contributed by atoms with van der Waals surface area (Å²) >= 11 is 0. The lowest BCUT2D eigenvalue weighted by molar-refractivity contribution is 0.0953. The van der Waals surface area contributed by atoms with E-state index < -0.39 is 0 Å². The van der Waals surface area contributed by atoms with E-state index in [1.54, 1.807) is 24.3 Å². The number of hydrogen-bond acceptors (Lipinski definition) is 3. The van der Waals surface area contributed by atoms with Crippen molar-refractivity contribution < 1.29 is 9.59 Å². The van der Waals surface area contributed by atoms with Crippen molar-refractivity contribution in [2.75, 3.05) is 18.4 Å². The molecule has 0 spiro atoms. The second-order valence-corrected chi connectivity index (χ2v) is 9.38. The number of anilines is 1. The molecule has 2 aromatic carbocycles. The number of nitrogens with one attached hydrogen (secondary N) is 2. The van der Waals surface area contributed by atoms with Gasteiger partial charge in [0.15, 0.2) is 0 Å². The highest BCUT2D eigenvalue weighted by atomic mass is 16.2. The van der Waals surface area contributed by atoms with E-state index in [1.807, 2.05) is 12.1 Å². The maximum Gasteiger partial charge on any atom is 0.255 e. The monoisotopic (exact) mass is 395 g/mol. The Hall–Kier alpha value is -2.66. The van der Waals surface area contributed by atoms with Crippen LogP contribution in [0.3, 0.4) is 0 Å². The van der Waals surface area contributed by atoms with Crippen molar-refractivity contribution in [2.45, 2.75) is 52.4 Å². The molecular formula is C24H33N3O2. The molecule has 0 aliphatic heterocycles. The first-order valence-electron chi connectivity index (χ1n) is 9.97. The summed E-state index contributed by atoms with van der Waals surface area (Å²) in [6.07, 6.45) is 0. The molecule has 0 radical (unpaired) electrons. The minimum Gasteiger partial charge on any atom is -0.351 e. The van der Waals surface area contributed by atoms with Gasteiger partial charge in [-0.1, -0.05) is 47.6 Å². The van der Waals surface area contributed by atoms with Crippen molar-refractivity contribution in [3.63, 3.8) is 0 Å². The summed E-state index contributed by atoms with van der Waals surface area (Å²) in [5.41, 5.74) is 9.46. The minimum absolute atomic E-state index is 0.0285. The first-order valence-corrected chi connectivity index (χ1v) is 9.97. The zero-order valence-corrected chi connectivity index (χ0v) is 18.3. The summed E-state index contributed by atoms with van der Waals surface area (Å²) in [7, 11) is 0. The van der Waals surface area contributed by atoms with Gasteiger partial charge in [-0.15, -0.1) is 0 Å². The van der Waals surface area contributed by atoms with Crippen LogP contribution >= 0.6 is 0 Å². The number of rotatable bonds is 5. The van der Waals surface area contributed by atoms with Gasteiger partial charge in [-0.3, -0.25) is 9.59 Å². The Kier molecular flexibility index (Phi) is 6.85. The molecule has 0 unspecified atom stereocenters. The van der Waals surface area contributed by atoms with Crippen molar-refractivity contribution in [3.8, 4) is 0 Å². The molecule has 5 nitrogen and oxygen atoms in total. The summed E-state index contributed by atoms with van der Waals surface area (Å²) in [4.78, 5) is 24.7. The van der Waals surface area contributed by atoms with Crippen LogP contribution in [0.5, 0.6) is 0 Å². The number of hydrogen-bond donors (Lipinski definition) is 3.